The third-order valence-corrected chi connectivity index (χ3v) is 5.46. The summed E-state index contributed by atoms with van der Waals surface area (Å²) in [6.07, 6.45) is -4.67. The predicted octanol–water partition coefficient (Wildman–Crippen LogP) is 2.57. The smallest absolute Gasteiger partial charge is 0.375 e. The lowest BCUT2D eigenvalue weighted by Gasteiger charge is -2.35. The van der Waals surface area contributed by atoms with Gasteiger partial charge >= 0.3 is 6.18 Å². The second kappa shape index (κ2) is 11.4. The molecule has 1 amide bonds. The topological polar surface area (TPSA) is 66.5 Å². The first-order chi connectivity index (χ1) is 11.7. The van der Waals surface area contributed by atoms with Gasteiger partial charge in [0, 0.05) is 39.8 Å². The van der Waals surface area contributed by atoms with Gasteiger partial charge < -0.3 is 15.4 Å². The summed E-state index contributed by atoms with van der Waals surface area (Å²) in [4.78, 5) is 18.3. The monoisotopic (exact) mass is 452 g/mol. The van der Waals surface area contributed by atoms with E-state index in [1.54, 1.807) is 13.8 Å². The molecule has 2 N–H and O–H groups in total. The molecule has 2 atom stereocenters. The number of aryl methyl sites for hydroxylation is 1. The molecule has 0 saturated carbocycles. The molecule has 12 heteroatoms. The first-order valence-electron chi connectivity index (χ1n) is 8.03. The number of amides is 1. The molecular weight excluding hydrogens is 428 g/mol. The average Bonchev–Trinajstić information content (AvgIpc) is 2.96. The normalized spacial score (nSPS) is 17.4. The van der Waals surface area contributed by atoms with Crippen LogP contribution >= 0.6 is 36.2 Å². The number of thiazole rings is 1. The van der Waals surface area contributed by atoms with E-state index in [9.17, 15) is 18.0 Å². The lowest BCUT2D eigenvalue weighted by Crippen LogP contribution is -2.57. The molecular formula is C15H25Cl2F3N4O2S. The second-order valence-corrected chi connectivity index (χ2v) is 6.93. The Morgan fingerprint density at radius 1 is 1.37 bits per heavy atom. The first kappa shape index (κ1) is 26.4. The van der Waals surface area contributed by atoms with Crippen LogP contribution in [-0.4, -0.2) is 67.8 Å². The van der Waals surface area contributed by atoms with Crippen LogP contribution in [0.3, 0.4) is 0 Å². The van der Waals surface area contributed by atoms with Crippen molar-refractivity contribution in [1.82, 2.24) is 20.5 Å². The number of piperazine rings is 1. The summed E-state index contributed by atoms with van der Waals surface area (Å²) in [7, 11) is 1.53. The number of methoxy groups -OCH3 is 1. The summed E-state index contributed by atoms with van der Waals surface area (Å²) in [6.45, 7) is 4.59. The highest BCUT2D eigenvalue weighted by molar-refractivity contribution is 7.13. The van der Waals surface area contributed by atoms with Crippen molar-refractivity contribution in [1.29, 1.82) is 0 Å². The number of aromatic nitrogens is 1. The molecule has 1 aromatic rings. The highest BCUT2D eigenvalue weighted by atomic mass is 35.5. The van der Waals surface area contributed by atoms with Crippen LogP contribution in [-0.2, 0) is 4.74 Å². The largest absolute Gasteiger partial charge is 0.405 e. The summed E-state index contributed by atoms with van der Waals surface area (Å²) in [5.74, 6) is -0.533. The van der Waals surface area contributed by atoms with Crippen LogP contribution < -0.4 is 10.6 Å². The van der Waals surface area contributed by atoms with Gasteiger partial charge in [-0.25, -0.2) is 4.98 Å². The van der Waals surface area contributed by atoms with Gasteiger partial charge in [-0.3, -0.25) is 9.69 Å². The van der Waals surface area contributed by atoms with Crippen molar-refractivity contribution in [3.63, 3.8) is 0 Å². The van der Waals surface area contributed by atoms with Gasteiger partial charge in [0.1, 0.15) is 22.0 Å². The van der Waals surface area contributed by atoms with Crippen LogP contribution in [0, 0.1) is 6.92 Å². The number of carbonyl (C=O) groups is 1. The van der Waals surface area contributed by atoms with Crippen molar-refractivity contribution in [2.24, 2.45) is 0 Å². The summed E-state index contributed by atoms with van der Waals surface area (Å²) >= 11 is 1.14. The van der Waals surface area contributed by atoms with Crippen molar-refractivity contribution in [3.05, 3.63) is 15.6 Å². The molecule has 2 rings (SSSR count). The SMILES string of the molecule is COC(C)c1nc(C)c(C(=O)NCC(N2CCNCC2)C(F)(F)F)s1.Cl.Cl. The van der Waals surface area contributed by atoms with Gasteiger partial charge in [-0.1, -0.05) is 0 Å². The van der Waals surface area contributed by atoms with Crippen LogP contribution in [0.4, 0.5) is 13.2 Å². The molecule has 27 heavy (non-hydrogen) atoms. The Kier molecular flexibility index (Phi) is 11.1. The van der Waals surface area contributed by atoms with Crippen molar-refractivity contribution in [2.45, 2.75) is 32.2 Å². The van der Waals surface area contributed by atoms with Gasteiger partial charge in [-0.15, -0.1) is 36.2 Å². The number of halogens is 5. The maximum Gasteiger partial charge on any atom is 0.405 e. The molecule has 0 radical (unpaired) electrons. The molecule has 1 aliphatic heterocycles. The number of carbonyl (C=O) groups excluding carboxylic acids is 1. The van der Waals surface area contributed by atoms with Crippen molar-refractivity contribution < 1.29 is 22.7 Å². The van der Waals surface area contributed by atoms with E-state index in [4.69, 9.17) is 4.74 Å². The van der Waals surface area contributed by atoms with E-state index in [0.29, 0.717) is 41.8 Å². The van der Waals surface area contributed by atoms with E-state index in [1.807, 2.05) is 0 Å². The quantitative estimate of drug-likeness (QED) is 0.694. The standard InChI is InChI=1S/C15H23F3N4O2S.2ClH/c1-9-12(25-14(21-9)10(2)24-3)13(23)20-8-11(15(16,17)18)22-6-4-19-5-7-22;;/h10-11,19H,4-8H2,1-3H3,(H,20,23);2*1H. The zero-order valence-corrected chi connectivity index (χ0v) is 17.7. The second-order valence-electron chi connectivity index (χ2n) is 5.90. The summed E-state index contributed by atoms with van der Waals surface area (Å²) < 4.78 is 45.2. The zero-order chi connectivity index (χ0) is 18.6. The third kappa shape index (κ3) is 7.03. The first-order valence-corrected chi connectivity index (χ1v) is 8.85. The van der Waals surface area contributed by atoms with Crippen LogP contribution in [0.15, 0.2) is 0 Å². The average molecular weight is 453 g/mol. The van der Waals surface area contributed by atoms with Gasteiger partial charge in [-0.05, 0) is 13.8 Å². The molecule has 2 unspecified atom stereocenters. The number of nitrogens with zero attached hydrogens (tertiary/aromatic N) is 2. The molecule has 1 aromatic heterocycles. The van der Waals surface area contributed by atoms with E-state index < -0.39 is 24.7 Å². The van der Waals surface area contributed by atoms with Crippen LogP contribution in [0.1, 0.15) is 33.4 Å². The van der Waals surface area contributed by atoms with E-state index in [2.05, 4.69) is 15.6 Å². The molecule has 0 spiro atoms. The summed E-state index contributed by atoms with van der Waals surface area (Å²) in [5, 5.41) is 6.07. The van der Waals surface area contributed by atoms with Gasteiger partial charge in [0.05, 0.1) is 5.69 Å². The highest BCUT2D eigenvalue weighted by Gasteiger charge is 2.44. The Bertz CT molecular complexity index is 598. The van der Waals surface area contributed by atoms with Crippen molar-refractivity contribution >= 4 is 42.1 Å². The fourth-order valence-electron chi connectivity index (χ4n) is 2.62. The Morgan fingerprint density at radius 3 is 2.48 bits per heavy atom. The van der Waals surface area contributed by atoms with Crippen LogP contribution in [0.25, 0.3) is 0 Å². The molecule has 1 fully saturated rings. The molecule has 6 nitrogen and oxygen atoms in total. The van der Waals surface area contributed by atoms with E-state index in [0.717, 1.165) is 11.3 Å². The molecule has 2 heterocycles. The molecule has 0 bridgehead atoms. The highest BCUT2D eigenvalue weighted by Crippen LogP contribution is 2.27. The number of nitrogens with one attached hydrogen (secondary N) is 2. The number of hydrogen-bond donors (Lipinski definition) is 2. The van der Waals surface area contributed by atoms with Crippen LogP contribution in [0.2, 0.25) is 0 Å². The molecule has 0 aliphatic carbocycles. The molecule has 158 valence electrons. The van der Waals surface area contributed by atoms with Gasteiger partial charge in [0.25, 0.3) is 5.91 Å². The van der Waals surface area contributed by atoms with E-state index >= 15 is 0 Å². The predicted molar refractivity (Wildman–Crippen MR) is 103 cm³/mol. The Hall–Kier alpha value is -0.650. The third-order valence-electron chi connectivity index (χ3n) is 4.15. The number of ether oxygens (including phenoxy) is 1. The van der Waals surface area contributed by atoms with Gasteiger partial charge in [0.2, 0.25) is 0 Å². The molecule has 1 aliphatic rings. The van der Waals surface area contributed by atoms with Crippen molar-refractivity contribution in [2.75, 3.05) is 39.8 Å². The number of alkyl halides is 3. The van der Waals surface area contributed by atoms with E-state index in [-0.39, 0.29) is 30.9 Å². The fraction of sp³-hybridized carbons (Fsp3) is 0.733. The lowest BCUT2D eigenvalue weighted by atomic mass is 10.2. The van der Waals surface area contributed by atoms with E-state index in [1.165, 1.54) is 12.0 Å². The van der Waals surface area contributed by atoms with Gasteiger partial charge in [0.15, 0.2) is 0 Å². The molecule has 0 aromatic carbocycles. The number of rotatable bonds is 6. The van der Waals surface area contributed by atoms with Gasteiger partial charge in [-0.2, -0.15) is 13.2 Å². The summed E-state index contributed by atoms with van der Waals surface area (Å²) in [6, 6.07) is -1.69. The Labute approximate surface area is 173 Å². The maximum absolute atomic E-state index is 13.4. The zero-order valence-electron chi connectivity index (χ0n) is 15.3. The molecule has 1 saturated heterocycles. The summed E-state index contributed by atoms with van der Waals surface area (Å²) in [5.41, 5.74) is 0.493. The minimum Gasteiger partial charge on any atom is -0.375 e. The lowest BCUT2D eigenvalue weighted by molar-refractivity contribution is -0.183. The Balaban J connectivity index is 0.00000338. The number of hydrogen-bond acceptors (Lipinski definition) is 6. The maximum atomic E-state index is 13.4. The minimum absolute atomic E-state index is 0. The fourth-order valence-corrected chi connectivity index (χ4v) is 3.63. The van der Waals surface area contributed by atoms with Crippen molar-refractivity contribution in [3.8, 4) is 0 Å². The van der Waals surface area contributed by atoms with Crippen LogP contribution in [0.5, 0.6) is 0 Å². The minimum atomic E-state index is -4.40. The Morgan fingerprint density at radius 2 is 1.96 bits per heavy atom.